The van der Waals surface area contributed by atoms with Gasteiger partial charge in [-0.25, -0.2) is 4.39 Å². The van der Waals surface area contributed by atoms with Crippen LogP contribution in [0.25, 0.3) is 0 Å². The van der Waals surface area contributed by atoms with E-state index in [9.17, 15) is 9.18 Å². The topological polar surface area (TPSA) is 42.0 Å². The van der Waals surface area contributed by atoms with E-state index in [1.54, 1.807) is 7.11 Å². The average Bonchev–Trinajstić information content (AvgIpc) is 2.86. The molecule has 1 heterocycles. The fourth-order valence-corrected chi connectivity index (χ4v) is 5.46. The molecular weight excluding hydrogens is 431 g/mol. The fraction of sp³-hybridized carbons (Fsp3) is 0.536. The van der Waals surface area contributed by atoms with Crippen LogP contribution in [0, 0.1) is 31.5 Å². The Kier molecular flexibility index (Phi) is 7.77. The molecule has 0 spiro atoms. The van der Waals surface area contributed by atoms with Gasteiger partial charge >= 0.3 is 0 Å². The summed E-state index contributed by atoms with van der Waals surface area (Å²) in [6.07, 6.45) is 2.98. The monoisotopic (exact) mass is 468 g/mol. The number of amides is 1. The van der Waals surface area contributed by atoms with E-state index in [-0.39, 0.29) is 17.6 Å². The summed E-state index contributed by atoms with van der Waals surface area (Å²) in [5, 5.41) is 0. The molecule has 2 atom stereocenters. The lowest BCUT2D eigenvalue weighted by Crippen LogP contribution is -2.51. The minimum atomic E-state index is -0.223. The van der Waals surface area contributed by atoms with Crippen molar-refractivity contribution >= 4 is 11.6 Å². The number of carbonyl (C=O) groups is 1. The molecule has 1 saturated heterocycles. The predicted octanol–water partition coefficient (Wildman–Crippen LogP) is 4.56. The lowest BCUT2D eigenvalue weighted by molar-refractivity contribution is -0.137. The molecule has 1 amide bonds. The summed E-state index contributed by atoms with van der Waals surface area (Å²) >= 11 is 0. The van der Waals surface area contributed by atoms with Gasteiger partial charge in [-0.15, -0.1) is 0 Å². The first-order chi connectivity index (χ1) is 16.4. The maximum atomic E-state index is 13.4. The molecular formula is C28H37FN2O3. The molecule has 2 aromatic carbocycles. The first kappa shape index (κ1) is 24.5. The van der Waals surface area contributed by atoms with E-state index >= 15 is 0 Å². The molecule has 1 aliphatic heterocycles. The number of piperazine rings is 1. The van der Waals surface area contributed by atoms with Crippen molar-refractivity contribution in [3.8, 4) is 5.75 Å². The molecule has 34 heavy (non-hydrogen) atoms. The van der Waals surface area contributed by atoms with Gasteiger partial charge in [0.1, 0.15) is 18.2 Å². The summed E-state index contributed by atoms with van der Waals surface area (Å²) in [4.78, 5) is 17.7. The van der Waals surface area contributed by atoms with Crippen LogP contribution in [0.5, 0.6) is 5.75 Å². The van der Waals surface area contributed by atoms with Crippen LogP contribution >= 0.6 is 0 Å². The third-order valence-electron chi connectivity index (χ3n) is 7.67. The second kappa shape index (κ2) is 10.8. The number of halogens is 1. The number of methoxy groups -OCH3 is 1. The molecule has 4 rings (SSSR count). The highest BCUT2D eigenvalue weighted by molar-refractivity contribution is 5.79. The zero-order chi connectivity index (χ0) is 24.2. The van der Waals surface area contributed by atoms with Crippen LogP contribution in [0.3, 0.4) is 0 Å². The van der Waals surface area contributed by atoms with E-state index in [2.05, 4.69) is 31.7 Å². The number of ether oxygens (including phenoxy) is 2. The molecule has 5 nitrogen and oxygen atoms in total. The van der Waals surface area contributed by atoms with Crippen LogP contribution in [-0.2, 0) is 22.4 Å². The van der Waals surface area contributed by atoms with Crippen LogP contribution in [0.1, 0.15) is 35.6 Å². The highest BCUT2D eigenvalue weighted by Crippen LogP contribution is 2.38. The number of nitrogens with zero attached hydrogens (tertiary/aromatic N) is 2. The zero-order valence-electron chi connectivity index (χ0n) is 20.9. The highest BCUT2D eigenvalue weighted by Gasteiger charge is 2.33. The quantitative estimate of drug-likeness (QED) is 0.559. The van der Waals surface area contributed by atoms with Crippen LogP contribution in [0.2, 0.25) is 0 Å². The summed E-state index contributed by atoms with van der Waals surface area (Å²) in [7, 11) is 1.68. The summed E-state index contributed by atoms with van der Waals surface area (Å²) in [6.45, 7) is 10.5. The second-order valence-electron chi connectivity index (χ2n) is 9.70. The summed E-state index contributed by atoms with van der Waals surface area (Å²) in [5.74, 6) is 1.30. The molecule has 2 aromatic rings. The van der Waals surface area contributed by atoms with Crippen molar-refractivity contribution in [3.05, 3.63) is 58.4 Å². The van der Waals surface area contributed by atoms with E-state index < -0.39 is 0 Å². The third-order valence-corrected chi connectivity index (χ3v) is 7.67. The molecule has 0 bridgehead atoms. The fourth-order valence-electron chi connectivity index (χ4n) is 5.46. The van der Waals surface area contributed by atoms with Crippen molar-refractivity contribution < 1.29 is 18.7 Å². The van der Waals surface area contributed by atoms with Crippen molar-refractivity contribution in [2.75, 3.05) is 51.4 Å². The standard InChI is InChI=1S/C28H37FN2O3/c1-19-17-27(34-16-15-33-4)21(3)26-18-22(5-10-25(19)26)20(2)28(32)31-13-11-30(12-14-31)24-8-6-23(29)7-9-24/h6-9,17,20,22H,5,10-16,18H2,1-4H3/t20-,22+/m0/s1. The molecule has 2 aliphatic rings. The lowest BCUT2D eigenvalue weighted by atomic mass is 9.74. The number of hydrogen-bond acceptors (Lipinski definition) is 4. The second-order valence-corrected chi connectivity index (χ2v) is 9.70. The van der Waals surface area contributed by atoms with Crippen molar-refractivity contribution in [2.24, 2.45) is 11.8 Å². The Morgan fingerprint density at radius 3 is 2.47 bits per heavy atom. The molecule has 1 aliphatic carbocycles. The Labute approximate surface area is 202 Å². The Morgan fingerprint density at radius 1 is 1.09 bits per heavy atom. The van der Waals surface area contributed by atoms with E-state index in [1.807, 2.05) is 17.0 Å². The lowest BCUT2D eigenvalue weighted by Gasteiger charge is -2.39. The maximum Gasteiger partial charge on any atom is 0.225 e. The van der Waals surface area contributed by atoms with Gasteiger partial charge in [0.05, 0.1) is 6.61 Å². The smallest absolute Gasteiger partial charge is 0.225 e. The van der Waals surface area contributed by atoms with Gasteiger partial charge in [0.25, 0.3) is 0 Å². The first-order valence-electron chi connectivity index (χ1n) is 12.4. The van der Waals surface area contributed by atoms with Gasteiger partial charge in [0.15, 0.2) is 0 Å². The summed E-state index contributed by atoms with van der Waals surface area (Å²) in [5.41, 5.74) is 6.29. The maximum absolute atomic E-state index is 13.4. The number of anilines is 1. The summed E-state index contributed by atoms with van der Waals surface area (Å²) < 4.78 is 24.4. The minimum absolute atomic E-state index is 0.0108. The molecule has 0 saturated carbocycles. The van der Waals surface area contributed by atoms with E-state index in [0.29, 0.717) is 32.2 Å². The molecule has 184 valence electrons. The molecule has 0 radical (unpaired) electrons. The van der Waals surface area contributed by atoms with Crippen LogP contribution in [0.15, 0.2) is 30.3 Å². The van der Waals surface area contributed by atoms with E-state index in [0.717, 1.165) is 43.8 Å². The van der Waals surface area contributed by atoms with E-state index in [1.165, 1.54) is 34.4 Å². The van der Waals surface area contributed by atoms with Gasteiger partial charge < -0.3 is 19.3 Å². The number of benzene rings is 2. The molecule has 0 aromatic heterocycles. The van der Waals surface area contributed by atoms with Crippen molar-refractivity contribution in [1.29, 1.82) is 0 Å². The molecule has 1 fully saturated rings. The van der Waals surface area contributed by atoms with Crippen molar-refractivity contribution in [2.45, 2.75) is 40.0 Å². The minimum Gasteiger partial charge on any atom is -0.491 e. The van der Waals surface area contributed by atoms with Gasteiger partial charge in [-0.2, -0.15) is 0 Å². The predicted molar refractivity (Wildman–Crippen MR) is 133 cm³/mol. The van der Waals surface area contributed by atoms with Gasteiger partial charge in [0.2, 0.25) is 5.91 Å². The number of fused-ring (bicyclic) bond motifs is 1. The SMILES string of the molecule is COCCOc1cc(C)c2c(c1C)C[C@H]([C@H](C)C(=O)N1CCN(c3ccc(F)cc3)CC1)CC2. The number of aryl methyl sites for hydroxylation is 1. The molecule has 0 unspecified atom stereocenters. The van der Waals surface area contributed by atoms with Gasteiger partial charge in [-0.3, -0.25) is 4.79 Å². The van der Waals surface area contributed by atoms with Gasteiger partial charge in [-0.1, -0.05) is 6.92 Å². The molecule has 6 heteroatoms. The number of hydrogen-bond donors (Lipinski definition) is 0. The largest absolute Gasteiger partial charge is 0.491 e. The zero-order valence-corrected chi connectivity index (χ0v) is 20.9. The Hall–Kier alpha value is -2.60. The van der Waals surface area contributed by atoms with Crippen LogP contribution < -0.4 is 9.64 Å². The van der Waals surface area contributed by atoms with Gasteiger partial charge in [0, 0.05) is 44.9 Å². The Morgan fingerprint density at radius 2 is 1.79 bits per heavy atom. The average molecular weight is 469 g/mol. The van der Waals surface area contributed by atoms with Crippen molar-refractivity contribution in [3.63, 3.8) is 0 Å². The highest BCUT2D eigenvalue weighted by atomic mass is 19.1. The Balaban J connectivity index is 1.39. The van der Waals surface area contributed by atoms with E-state index in [4.69, 9.17) is 9.47 Å². The van der Waals surface area contributed by atoms with Crippen LogP contribution in [0.4, 0.5) is 10.1 Å². The summed E-state index contributed by atoms with van der Waals surface area (Å²) in [6, 6.07) is 8.76. The first-order valence-corrected chi connectivity index (χ1v) is 12.4. The van der Waals surface area contributed by atoms with Crippen LogP contribution in [-0.4, -0.2) is 57.3 Å². The van der Waals surface area contributed by atoms with Crippen molar-refractivity contribution in [1.82, 2.24) is 4.90 Å². The Bertz CT molecular complexity index is 1000. The van der Waals surface area contributed by atoms with Gasteiger partial charge in [-0.05, 0) is 91.6 Å². The normalized spacial score (nSPS) is 19.0. The third kappa shape index (κ3) is 5.22. The molecule has 0 N–H and O–H groups in total. The number of rotatable bonds is 7. The number of carbonyl (C=O) groups excluding carboxylic acids is 1.